The fraction of sp³-hybridized carbons (Fsp3) is 0.381. The fourth-order valence-electron chi connectivity index (χ4n) is 3.50. The van der Waals surface area contributed by atoms with E-state index in [0.717, 1.165) is 25.1 Å². The first-order chi connectivity index (χ1) is 11.4. The number of hydrogen-bond donors (Lipinski definition) is 1. The minimum absolute atomic E-state index is 0.0492. The first-order valence-corrected chi connectivity index (χ1v) is 8.64. The monoisotopic (exact) mass is 322 g/mol. The van der Waals surface area contributed by atoms with Crippen LogP contribution >= 0.6 is 0 Å². The topological polar surface area (TPSA) is 34.0 Å². The number of fused-ring (bicyclic) bond motifs is 1. The molecule has 0 unspecified atom stereocenters. The van der Waals surface area contributed by atoms with Crippen molar-refractivity contribution in [2.75, 3.05) is 11.9 Å². The van der Waals surface area contributed by atoms with Crippen molar-refractivity contribution in [2.24, 2.45) is 7.05 Å². The highest BCUT2D eigenvalue weighted by Gasteiger charge is 2.17. The SMILES string of the molecule is CCc1cc(NCC2=Cc3c(C)ccc(C)c3C2)c(=O)n(C)c1C. The third kappa shape index (κ3) is 2.79. The number of hydrogen-bond acceptors (Lipinski definition) is 2. The lowest BCUT2D eigenvalue weighted by Crippen LogP contribution is -2.24. The number of rotatable bonds is 4. The van der Waals surface area contributed by atoms with Crippen LogP contribution in [0.2, 0.25) is 0 Å². The van der Waals surface area contributed by atoms with E-state index in [1.807, 2.05) is 20.0 Å². The largest absolute Gasteiger partial charge is 0.377 e. The highest BCUT2D eigenvalue weighted by molar-refractivity contribution is 5.69. The Bertz CT molecular complexity index is 888. The van der Waals surface area contributed by atoms with Crippen LogP contribution in [0, 0.1) is 20.8 Å². The Morgan fingerprint density at radius 1 is 1.17 bits per heavy atom. The van der Waals surface area contributed by atoms with E-state index >= 15 is 0 Å². The molecule has 1 aromatic carbocycles. The molecule has 0 spiro atoms. The lowest BCUT2D eigenvalue weighted by atomic mass is 9.99. The molecule has 0 saturated heterocycles. The van der Waals surface area contributed by atoms with Crippen molar-refractivity contribution in [2.45, 2.75) is 40.5 Å². The number of anilines is 1. The predicted octanol–water partition coefficient (Wildman–Crippen LogP) is 3.92. The molecule has 1 N–H and O–H groups in total. The van der Waals surface area contributed by atoms with Crippen LogP contribution in [0.4, 0.5) is 5.69 Å². The lowest BCUT2D eigenvalue weighted by molar-refractivity contribution is 0.799. The van der Waals surface area contributed by atoms with E-state index in [9.17, 15) is 4.79 Å². The third-order valence-corrected chi connectivity index (χ3v) is 5.27. The molecule has 0 bridgehead atoms. The molecule has 1 aliphatic carbocycles. The quantitative estimate of drug-likeness (QED) is 0.925. The summed E-state index contributed by atoms with van der Waals surface area (Å²) in [5.74, 6) is 0. The zero-order chi connectivity index (χ0) is 17.4. The summed E-state index contributed by atoms with van der Waals surface area (Å²) in [6, 6.07) is 6.39. The van der Waals surface area contributed by atoms with Gasteiger partial charge in [0.25, 0.3) is 5.56 Å². The molecule has 3 heteroatoms. The van der Waals surface area contributed by atoms with E-state index < -0.39 is 0 Å². The maximum atomic E-state index is 12.5. The fourth-order valence-corrected chi connectivity index (χ4v) is 3.50. The standard InChI is InChI=1S/C21H26N2O/c1-6-17-11-20(21(24)23(5)15(17)4)22-12-16-9-18-13(2)7-8-14(3)19(18)10-16/h7-9,11,22H,6,10,12H2,1-5H3. The van der Waals surface area contributed by atoms with Crippen molar-refractivity contribution in [3.8, 4) is 0 Å². The average molecular weight is 322 g/mol. The van der Waals surface area contributed by atoms with Crippen molar-refractivity contribution in [3.63, 3.8) is 0 Å². The number of nitrogens with zero attached hydrogens (tertiary/aromatic N) is 1. The van der Waals surface area contributed by atoms with Crippen LogP contribution in [0.3, 0.4) is 0 Å². The van der Waals surface area contributed by atoms with Gasteiger partial charge in [0.15, 0.2) is 0 Å². The molecule has 0 aliphatic heterocycles. The van der Waals surface area contributed by atoms with Gasteiger partial charge in [0.05, 0.1) is 0 Å². The van der Waals surface area contributed by atoms with Crippen LogP contribution in [-0.4, -0.2) is 11.1 Å². The molecule has 24 heavy (non-hydrogen) atoms. The van der Waals surface area contributed by atoms with Crippen molar-refractivity contribution < 1.29 is 0 Å². The number of nitrogens with one attached hydrogen (secondary N) is 1. The zero-order valence-corrected chi connectivity index (χ0v) is 15.3. The minimum Gasteiger partial charge on any atom is -0.377 e. The molecule has 1 aliphatic rings. The number of benzene rings is 1. The van der Waals surface area contributed by atoms with Crippen LogP contribution in [0.25, 0.3) is 6.08 Å². The Labute approximate surface area is 144 Å². The van der Waals surface area contributed by atoms with Gasteiger partial charge in [-0.05, 0) is 73.1 Å². The van der Waals surface area contributed by atoms with Gasteiger partial charge >= 0.3 is 0 Å². The van der Waals surface area contributed by atoms with E-state index in [4.69, 9.17) is 0 Å². The van der Waals surface area contributed by atoms with Crippen LogP contribution in [-0.2, 0) is 19.9 Å². The Morgan fingerprint density at radius 2 is 1.88 bits per heavy atom. The zero-order valence-electron chi connectivity index (χ0n) is 15.3. The molecule has 126 valence electrons. The molecule has 0 saturated carbocycles. The predicted molar refractivity (Wildman–Crippen MR) is 102 cm³/mol. The van der Waals surface area contributed by atoms with Gasteiger partial charge in [0, 0.05) is 19.3 Å². The number of aromatic nitrogens is 1. The van der Waals surface area contributed by atoms with Crippen LogP contribution in [0.1, 0.15) is 40.4 Å². The molecule has 3 nitrogen and oxygen atoms in total. The van der Waals surface area contributed by atoms with Gasteiger partial charge in [-0.3, -0.25) is 4.79 Å². The molecular formula is C21H26N2O. The Morgan fingerprint density at radius 3 is 2.54 bits per heavy atom. The summed E-state index contributed by atoms with van der Waals surface area (Å²) < 4.78 is 1.74. The minimum atomic E-state index is 0.0492. The molecule has 0 amide bonds. The average Bonchev–Trinajstić information content (AvgIpc) is 3.01. The second kappa shape index (κ2) is 6.31. The number of pyridine rings is 1. The first kappa shape index (κ1) is 16.6. The second-order valence-electron chi connectivity index (χ2n) is 6.81. The van der Waals surface area contributed by atoms with Crippen LogP contribution in [0.5, 0.6) is 0 Å². The maximum Gasteiger partial charge on any atom is 0.273 e. The van der Waals surface area contributed by atoms with Gasteiger partial charge in [-0.2, -0.15) is 0 Å². The summed E-state index contributed by atoms with van der Waals surface area (Å²) in [5.41, 5.74) is 9.81. The van der Waals surface area contributed by atoms with Gasteiger partial charge in [0.2, 0.25) is 0 Å². The number of aryl methyl sites for hydroxylation is 3. The molecule has 1 aromatic heterocycles. The van der Waals surface area contributed by atoms with Gasteiger partial charge < -0.3 is 9.88 Å². The van der Waals surface area contributed by atoms with E-state index in [-0.39, 0.29) is 5.56 Å². The Kier molecular flexibility index (Phi) is 4.35. The Hall–Kier alpha value is -2.29. The summed E-state index contributed by atoms with van der Waals surface area (Å²) in [7, 11) is 1.85. The first-order valence-electron chi connectivity index (χ1n) is 8.64. The smallest absolute Gasteiger partial charge is 0.273 e. The maximum absolute atomic E-state index is 12.5. The summed E-state index contributed by atoms with van der Waals surface area (Å²) in [6.45, 7) is 9.18. The second-order valence-corrected chi connectivity index (χ2v) is 6.81. The summed E-state index contributed by atoms with van der Waals surface area (Å²) >= 11 is 0. The highest BCUT2D eigenvalue weighted by atomic mass is 16.1. The molecule has 1 heterocycles. The third-order valence-electron chi connectivity index (χ3n) is 5.27. The van der Waals surface area contributed by atoms with E-state index in [0.29, 0.717) is 5.69 Å². The van der Waals surface area contributed by atoms with Gasteiger partial charge in [-0.1, -0.05) is 25.1 Å². The Balaban J connectivity index is 1.82. The summed E-state index contributed by atoms with van der Waals surface area (Å²) in [4.78, 5) is 12.5. The van der Waals surface area contributed by atoms with E-state index in [2.05, 4.69) is 44.3 Å². The van der Waals surface area contributed by atoms with Crippen molar-refractivity contribution >= 4 is 11.8 Å². The van der Waals surface area contributed by atoms with Crippen LogP contribution in [0.15, 0.2) is 28.6 Å². The van der Waals surface area contributed by atoms with Crippen molar-refractivity contribution in [1.82, 2.24) is 4.57 Å². The summed E-state index contributed by atoms with van der Waals surface area (Å²) in [6.07, 6.45) is 4.19. The summed E-state index contributed by atoms with van der Waals surface area (Å²) in [5, 5.41) is 3.37. The van der Waals surface area contributed by atoms with Gasteiger partial charge in [-0.25, -0.2) is 0 Å². The van der Waals surface area contributed by atoms with Crippen LogP contribution < -0.4 is 10.9 Å². The molecule has 3 rings (SSSR count). The lowest BCUT2D eigenvalue weighted by Gasteiger charge is -2.14. The molecule has 2 aromatic rings. The normalized spacial score (nSPS) is 13.0. The molecular weight excluding hydrogens is 296 g/mol. The molecule has 0 atom stereocenters. The molecule has 0 fully saturated rings. The van der Waals surface area contributed by atoms with Crippen molar-refractivity contribution in [1.29, 1.82) is 0 Å². The highest BCUT2D eigenvalue weighted by Crippen LogP contribution is 2.30. The van der Waals surface area contributed by atoms with Gasteiger partial charge in [-0.15, -0.1) is 0 Å². The van der Waals surface area contributed by atoms with Crippen molar-refractivity contribution in [3.05, 3.63) is 67.6 Å². The van der Waals surface area contributed by atoms with E-state index in [1.54, 1.807) is 4.57 Å². The van der Waals surface area contributed by atoms with E-state index in [1.165, 1.54) is 33.4 Å². The molecule has 0 radical (unpaired) electrons. The van der Waals surface area contributed by atoms with Gasteiger partial charge in [0.1, 0.15) is 5.69 Å².